The monoisotopic (exact) mass is 148 g/mol. The van der Waals surface area contributed by atoms with Crippen molar-refractivity contribution in [3.63, 3.8) is 0 Å². The van der Waals surface area contributed by atoms with Gasteiger partial charge in [-0.3, -0.25) is 0 Å². The predicted octanol–water partition coefficient (Wildman–Crippen LogP) is -1.06. The van der Waals surface area contributed by atoms with Crippen LogP contribution in [0.25, 0.3) is 0 Å². The van der Waals surface area contributed by atoms with E-state index in [1.165, 1.54) is 7.11 Å². The summed E-state index contributed by atoms with van der Waals surface area (Å²) in [7, 11) is 1.41. The average Bonchev–Trinajstić information content (AvgIpc) is 1.89. The minimum absolute atomic E-state index is 0.0506. The third-order valence-electron chi connectivity index (χ3n) is 1.12. The van der Waals surface area contributed by atoms with Crippen LogP contribution in [0.1, 0.15) is 6.42 Å². The first-order valence-electron chi connectivity index (χ1n) is 3.01. The minimum Gasteiger partial charge on any atom is -0.390 e. The second-order valence-corrected chi connectivity index (χ2v) is 1.99. The van der Waals surface area contributed by atoms with Gasteiger partial charge in [-0.05, 0) is 0 Å². The van der Waals surface area contributed by atoms with Crippen molar-refractivity contribution in [2.45, 2.75) is 18.6 Å². The third kappa shape index (κ3) is 3.55. The zero-order valence-electron chi connectivity index (χ0n) is 5.86. The molecule has 4 heteroatoms. The van der Waals surface area contributed by atoms with Crippen LogP contribution in [-0.2, 0) is 9.53 Å². The molecular formula is C6H12O4. The molecule has 0 saturated carbocycles. The number of methoxy groups -OCH3 is 1. The molecule has 0 aromatic carbocycles. The van der Waals surface area contributed by atoms with Gasteiger partial charge in [-0.2, -0.15) is 0 Å². The number of carbonyl (C=O) groups is 1. The molecule has 0 bridgehead atoms. The van der Waals surface area contributed by atoms with Crippen LogP contribution in [0.5, 0.6) is 0 Å². The molecule has 0 heterocycles. The number of hydrogen-bond donors (Lipinski definition) is 2. The Morgan fingerprint density at radius 2 is 2.10 bits per heavy atom. The molecular weight excluding hydrogens is 136 g/mol. The summed E-state index contributed by atoms with van der Waals surface area (Å²) in [5, 5.41) is 17.8. The minimum atomic E-state index is -1.00. The number of carbonyl (C=O) groups excluding carboxylic acids is 1. The Morgan fingerprint density at radius 3 is 2.50 bits per heavy atom. The lowest BCUT2D eigenvalue weighted by atomic mass is 10.2. The molecule has 2 unspecified atom stereocenters. The van der Waals surface area contributed by atoms with Crippen LogP contribution in [0.15, 0.2) is 0 Å². The molecule has 0 spiro atoms. The molecule has 60 valence electrons. The van der Waals surface area contributed by atoms with Crippen LogP contribution in [0.2, 0.25) is 0 Å². The summed E-state index contributed by atoms with van der Waals surface area (Å²) in [5.41, 5.74) is 0. The van der Waals surface area contributed by atoms with Gasteiger partial charge in [0.1, 0.15) is 12.4 Å². The molecule has 4 nitrogen and oxygen atoms in total. The smallest absolute Gasteiger partial charge is 0.122 e. The Hall–Kier alpha value is -0.450. The molecule has 0 aliphatic rings. The molecule has 0 fully saturated rings. The lowest BCUT2D eigenvalue weighted by Crippen LogP contribution is -2.30. The van der Waals surface area contributed by atoms with Gasteiger partial charge in [-0.25, -0.2) is 0 Å². The quantitative estimate of drug-likeness (QED) is 0.488. The third-order valence-corrected chi connectivity index (χ3v) is 1.12. The summed E-state index contributed by atoms with van der Waals surface area (Å²) >= 11 is 0. The molecule has 2 N–H and O–H groups in total. The summed E-state index contributed by atoms with van der Waals surface area (Å²) in [5.74, 6) is 0. The second-order valence-electron chi connectivity index (χ2n) is 1.99. The Bertz CT molecular complexity index is 93.7. The van der Waals surface area contributed by atoms with Crippen molar-refractivity contribution in [2.75, 3.05) is 13.7 Å². The summed E-state index contributed by atoms with van der Waals surface area (Å²) in [6, 6.07) is 0. The molecule has 0 radical (unpaired) electrons. The first kappa shape index (κ1) is 9.55. The highest BCUT2D eigenvalue weighted by molar-refractivity contribution is 5.50. The lowest BCUT2D eigenvalue weighted by Gasteiger charge is -2.13. The molecule has 0 aliphatic heterocycles. The van der Waals surface area contributed by atoms with Crippen molar-refractivity contribution in [3.05, 3.63) is 0 Å². The van der Waals surface area contributed by atoms with Crippen molar-refractivity contribution in [3.8, 4) is 0 Å². The Kier molecular flexibility index (Phi) is 5.10. The highest BCUT2D eigenvalue weighted by Gasteiger charge is 2.14. The van der Waals surface area contributed by atoms with Crippen LogP contribution in [0.4, 0.5) is 0 Å². The van der Waals surface area contributed by atoms with Crippen molar-refractivity contribution in [1.29, 1.82) is 0 Å². The van der Waals surface area contributed by atoms with E-state index in [-0.39, 0.29) is 13.0 Å². The molecule has 2 atom stereocenters. The number of hydrogen-bond acceptors (Lipinski definition) is 4. The van der Waals surface area contributed by atoms with E-state index < -0.39 is 12.2 Å². The van der Waals surface area contributed by atoms with E-state index in [1.54, 1.807) is 0 Å². The first-order chi connectivity index (χ1) is 4.72. The molecule has 0 rings (SSSR count). The highest BCUT2D eigenvalue weighted by atomic mass is 16.5. The second kappa shape index (κ2) is 5.34. The number of aliphatic hydroxyl groups excluding tert-OH is 2. The van der Waals surface area contributed by atoms with Gasteiger partial charge in [-0.15, -0.1) is 0 Å². The Morgan fingerprint density at radius 1 is 1.50 bits per heavy atom. The predicted molar refractivity (Wildman–Crippen MR) is 34.6 cm³/mol. The summed E-state index contributed by atoms with van der Waals surface area (Å²) in [4.78, 5) is 9.81. The van der Waals surface area contributed by atoms with Gasteiger partial charge >= 0.3 is 0 Å². The van der Waals surface area contributed by atoms with Crippen LogP contribution < -0.4 is 0 Å². The summed E-state index contributed by atoms with van der Waals surface area (Å²) < 4.78 is 4.55. The highest BCUT2D eigenvalue weighted by Crippen LogP contribution is 1.96. The maximum absolute atomic E-state index is 9.81. The Labute approximate surface area is 59.4 Å². The van der Waals surface area contributed by atoms with Gasteiger partial charge in [0.05, 0.1) is 12.7 Å². The van der Waals surface area contributed by atoms with Gasteiger partial charge in [0.2, 0.25) is 0 Å². The van der Waals surface area contributed by atoms with Crippen molar-refractivity contribution < 1.29 is 19.7 Å². The maximum Gasteiger partial charge on any atom is 0.122 e. The maximum atomic E-state index is 9.81. The van der Waals surface area contributed by atoms with Crippen LogP contribution in [0, 0.1) is 0 Å². The lowest BCUT2D eigenvalue weighted by molar-refractivity contribution is -0.112. The van der Waals surface area contributed by atoms with E-state index in [9.17, 15) is 4.79 Å². The van der Waals surface area contributed by atoms with E-state index in [4.69, 9.17) is 10.2 Å². The van der Waals surface area contributed by atoms with E-state index in [2.05, 4.69) is 4.74 Å². The fraction of sp³-hybridized carbons (Fsp3) is 0.833. The van der Waals surface area contributed by atoms with Crippen molar-refractivity contribution in [2.24, 2.45) is 0 Å². The number of rotatable bonds is 5. The van der Waals surface area contributed by atoms with E-state index in [1.807, 2.05) is 0 Å². The largest absolute Gasteiger partial charge is 0.390 e. The molecule has 0 saturated heterocycles. The molecule has 10 heavy (non-hydrogen) atoms. The van der Waals surface area contributed by atoms with Crippen molar-refractivity contribution in [1.82, 2.24) is 0 Å². The average molecular weight is 148 g/mol. The van der Waals surface area contributed by atoms with E-state index in [0.717, 1.165) is 0 Å². The fourth-order valence-electron chi connectivity index (χ4n) is 0.538. The molecule has 0 aromatic heterocycles. The van der Waals surface area contributed by atoms with E-state index in [0.29, 0.717) is 6.29 Å². The number of aliphatic hydroxyl groups is 2. The molecule has 0 amide bonds. The fourth-order valence-corrected chi connectivity index (χ4v) is 0.538. The van der Waals surface area contributed by atoms with Crippen LogP contribution >= 0.6 is 0 Å². The molecule has 0 aromatic rings. The van der Waals surface area contributed by atoms with Gasteiger partial charge in [0.25, 0.3) is 0 Å². The van der Waals surface area contributed by atoms with Gasteiger partial charge in [0.15, 0.2) is 0 Å². The topological polar surface area (TPSA) is 66.8 Å². The molecule has 0 aliphatic carbocycles. The van der Waals surface area contributed by atoms with E-state index >= 15 is 0 Å². The van der Waals surface area contributed by atoms with Crippen LogP contribution in [0.3, 0.4) is 0 Å². The van der Waals surface area contributed by atoms with Crippen LogP contribution in [-0.4, -0.2) is 42.4 Å². The van der Waals surface area contributed by atoms with Gasteiger partial charge in [0, 0.05) is 13.5 Å². The normalized spacial score (nSPS) is 16.3. The first-order valence-corrected chi connectivity index (χ1v) is 3.01. The SMILES string of the molecule is COCC(O)C(O)CC=O. The summed E-state index contributed by atoms with van der Waals surface area (Å²) in [6.07, 6.45) is -1.46. The van der Waals surface area contributed by atoms with Gasteiger partial charge < -0.3 is 19.7 Å². The zero-order valence-corrected chi connectivity index (χ0v) is 5.86. The number of aldehydes is 1. The standard InChI is InChI=1S/C6H12O4/c1-10-4-6(9)5(8)2-3-7/h3,5-6,8-9H,2,4H2,1H3. The van der Waals surface area contributed by atoms with Crippen molar-refractivity contribution >= 4 is 6.29 Å². The summed E-state index contributed by atoms with van der Waals surface area (Å²) in [6.45, 7) is 0.0506. The van der Waals surface area contributed by atoms with Gasteiger partial charge in [-0.1, -0.05) is 0 Å². The number of ether oxygens (including phenoxy) is 1. The zero-order chi connectivity index (χ0) is 7.98. The Balaban J connectivity index is 3.47.